The average Bonchev–Trinajstić information content (AvgIpc) is 2.98. The van der Waals surface area contributed by atoms with Gasteiger partial charge in [-0.05, 0) is 31.4 Å². The minimum Gasteiger partial charge on any atom is -0.378 e. The van der Waals surface area contributed by atoms with Crippen LogP contribution in [0, 0.1) is 0 Å². The first kappa shape index (κ1) is 18.1. The van der Waals surface area contributed by atoms with Gasteiger partial charge in [-0.3, -0.25) is 0 Å². The van der Waals surface area contributed by atoms with Gasteiger partial charge in [0, 0.05) is 27.9 Å². The fraction of sp³-hybridized carbons (Fsp3) is 0.471. The van der Waals surface area contributed by atoms with E-state index in [-0.39, 0.29) is 17.0 Å². The first-order valence-corrected chi connectivity index (χ1v) is 9.26. The lowest BCUT2D eigenvalue weighted by molar-refractivity contribution is 0.00161. The van der Waals surface area contributed by atoms with Crippen LogP contribution < -0.4 is 0 Å². The van der Waals surface area contributed by atoms with E-state index in [0.717, 1.165) is 29.6 Å². The first-order chi connectivity index (χ1) is 10.3. The molecule has 1 aliphatic rings. The van der Waals surface area contributed by atoms with Crippen LogP contribution >= 0.6 is 44.2 Å². The van der Waals surface area contributed by atoms with Crippen LogP contribution in [-0.4, -0.2) is 17.7 Å². The van der Waals surface area contributed by atoms with Crippen molar-refractivity contribution in [2.24, 2.45) is 0 Å². The van der Waals surface area contributed by atoms with Crippen LogP contribution in [0.25, 0.3) is 11.3 Å². The summed E-state index contributed by atoms with van der Waals surface area (Å²) in [4.78, 5) is 4.88. The number of thiazole rings is 1. The van der Waals surface area contributed by atoms with Crippen molar-refractivity contribution in [2.75, 3.05) is 6.61 Å². The third-order valence-corrected chi connectivity index (χ3v) is 5.52. The van der Waals surface area contributed by atoms with Gasteiger partial charge < -0.3 is 4.74 Å². The van der Waals surface area contributed by atoms with E-state index in [1.807, 2.05) is 0 Å². The summed E-state index contributed by atoms with van der Waals surface area (Å²) in [7, 11) is 0. The van der Waals surface area contributed by atoms with Crippen molar-refractivity contribution in [1.29, 1.82) is 0 Å². The third kappa shape index (κ3) is 4.40. The largest absolute Gasteiger partial charge is 0.378 e. The Morgan fingerprint density at radius 2 is 2.09 bits per heavy atom. The smallest absolute Gasteiger partial charge is 0.0965 e. The highest BCUT2D eigenvalue weighted by molar-refractivity contribution is 9.10. The van der Waals surface area contributed by atoms with Crippen LogP contribution in [-0.2, 0) is 4.74 Å². The second-order valence-electron chi connectivity index (χ2n) is 5.58. The molecule has 0 saturated carbocycles. The Hall–Kier alpha value is -0.230. The molecule has 1 saturated heterocycles. The highest BCUT2D eigenvalue weighted by Crippen LogP contribution is 2.35. The number of hydrogen-bond acceptors (Lipinski definition) is 3. The Kier molecular flexibility index (Phi) is 7.06. The van der Waals surface area contributed by atoms with E-state index in [1.54, 1.807) is 11.3 Å². The van der Waals surface area contributed by atoms with Crippen molar-refractivity contribution in [2.45, 2.75) is 44.6 Å². The Balaban J connectivity index is 0.00000176. The molecule has 0 radical (unpaired) electrons. The van der Waals surface area contributed by atoms with Gasteiger partial charge in [-0.15, -0.1) is 28.3 Å². The highest BCUT2D eigenvalue weighted by Gasteiger charge is 2.25. The van der Waals surface area contributed by atoms with Crippen molar-refractivity contribution in [3.63, 3.8) is 0 Å². The van der Waals surface area contributed by atoms with Gasteiger partial charge in [-0.1, -0.05) is 41.4 Å². The van der Waals surface area contributed by atoms with Crippen LogP contribution in [0.1, 0.15) is 43.5 Å². The Bertz CT molecular complexity index is 583. The quantitative estimate of drug-likeness (QED) is 0.556. The fourth-order valence-electron chi connectivity index (χ4n) is 2.86. The molecular formula is C17H21Br2NOS. The van der Waals surface area contributed by atoms with E-state index >= 15 is 0 Å². The van der Waals surface area contributed by atoms with Crippen molar-refractivity contribution in [3.8, 4) is 11.3 Å². The zero-order valence-corrected chi connectivity index (χ0v) is 16.7. The second-order valence-corrected chi connectivity index (χ2v) is 7.39. The van der Waals surface area contributed by atoms with Gasteiger partial charge in [0.05, 0.1) is 16.8 Å². The molecule has 1 fully saturated rings. The zero-order chi connectivity index (χ0) is 14.7. The molecule has 2 heterocycles. The van der Waals surface area contributed by atoms with E-state index in [4.69, 9.17) is 9.72 Å². The van der Waals surface area contributed by atoms with Crippen LogP contribution in [0.2, 0.25) is 0 Å². The number of benzene rings is 1. The molecule has 5 heteroatoms. The Labute approximate surface area is 155 Å². The van der Waals surface area contributed by atoms with Crippen molar-refractivity contribution >= 4 is 44.2 Å². The monoisotopic (exact) mass is 445 g/mol. The number of aromatic nitrogens is 1. The minimum absolute atomic E-state index is 0. The summed E-state index contributed by atoms with van der Waals surface area (Å²) >= 11 is 5.27. The fourth-order valence-corrected chi connectivity index (χ4v) is 4.10. The zero-order valence-electron chi connectivity index (χ0n) is 12.6. The van der Waals surface area contributed by atoms with Gasteiger partial charge in [-0.25, -0.2) is 4.98 Å². The van der Waals surface area contributed by atoms with E-state index < -0.39 is 0 Å². The summed E-state index contributed by atoms with van der Waals surface area (Å²) in [5.74, 6) is 0.574. The summed E-state index contributed by atoms with van der Waals surface area (Å²) < 4.78 is 6.95. The summed E-state index contributed by atoms with van der Waals surface area (Å²) in [6, 6.07) is 8.37. The Morgan fingerprint density at radius 3 is 2.82 bits per heavy atom. The Morgan fingerprint density at radius 1 is 1.32 bits per heavy atom. The number of nitrogens with zero attached hydrogens (tertiary/aromatic N) is 1. The lowest BCUT2D eigenvalue weighted by Crippen LogP contribution is -2.24. The molecule has 0 bridgehead atoms. The average molecular weight is 447 g/mol. The third-order valence-electron chi connectivity index (χ3n) is 3.99. The maximum Gasteiger partial charge on any atom is 0.0965 e. The van der Waals surface area contributed by atoms with Gasteiger partial charge in [0.25, 0.3) is 0 Å². The molecule has 0 spiro atoms. The molecule has 22 heavy (non-hydrogen) atoms. The van der Waals surface area contributed by atoms with E-state index in [1.165, 1.54) is 23.4 Å². The highest BCUT2D eigenvalue weighted by atomic mass is 79.9. The van der Waals surface area contributed by atoms with E-state index in [2.05, 4.69) is 52.5 Å². The molecule has 2 atom stereocenters. The molecule has 0 N–H and O–H groups in total. The molecule has 1 aromatic heterocycles. The molecule has 2 aromatic rings. The normalized spacial score (nSPS) is 21.4. The predicted molar refractivity (Wildman–Crippen MR) is 102 cm³/mol. The van der Waals surface area contributed by atoms with Crippen LogP contribution in [0.15, 0.2) is 34.1 Å². The maximum atomic E-state index is 5.85. The molecule has 120 valence electrons. The number of hydrogen-bond donors (Lipinski definition) is 0. The molecule has 0 amide bonds. The minimum atomic E-state index is 0. The van der Waals surface area contributed by atoms with Crippen molar-refractivity contribution in [3.05, 3.63) is 39.1 Å². The second kappa shape index (κ2) is 8.57. The predicted octanol–water partition coefficient (Wildman–Crippen LogP) is 6.21. The number of rotatable bonds is 4. The topological polar surface area (TPSA) is 22.1 Å². The van der Waals surface area contributed by atoms with Gasteiger partial charge in [-0.2, -0.15) is 0 Å². The molecular weight excluding hydrogens is 426 g/mol. The van der Waals surface area contributed by atoms with E-state index in [9.17, 15) is 0 Å². The standard InChI is InChI=1S/C17H20BrNOS.BrH/c1-2-3-15-10-13(8-9-20-15)17-19-16(11-21-17)12-4-6-14(18)7-5-12;/h4-7,11,13,15H,2-3,8-10H2,1H3;1H. The molecule has 2 unspecified atom stereocenters. The molecule has 1 aliphatic heterocycles. The summed E-state index contributed by atoms with van der Waals surface area (Å²) in [6.45, 7) is 3.10. The lowest BCUT2D eigenvalue weighted by atomic mass is 9.94. The van der Waals surface area contributed by atoms with Gasteiger partial charge in [0.15, 0.2) is 0 Å². The SMILES string of the molecule is Br.CCCC1CC(c2nc(-c3ccc(Br)cc3)cs2)CCO1. The van der Waals surface area contributed by atoms with Crippen molar-refractivity contribution in [1.82, 2.24) is 4.98 Å². The van der Waals surface area contributed by atoms with Gasteiger partial charge in [0.1, 0.15) is 0 Å². The van der Waals surface area contributed by atoms with Crippen LogP contribution in [0.3, 0.4) is 0 Å². The van der Waals surface area contributed by atoms with Gasteiger partial charge in [0.2, 0.25) is 0 Å². The molecule has 1 aromatic carbocycles. The number of ether oxygens (including phenoxy) is 1. The maximum absolute atomic E-state index is 5.85. The van der Waals surface area contributed by atoms with E-state index in [0.29, 0.717) is 12.0 Å². The molecule has 0 aliphatic carbocycles. The van der Waals surface area contributed by atoms with Crippen molar-refractivity contribution < 1.29 is 4.74 Å². The van der Waals surface area contributed by atoms with Crippen LogP contribution in [0.4, 0.5) is 0 Å². The number of halogens is 2. The lowest BCUT2D eigenvalue weighted by Gasteiger charge is -2.28. The summed E-state index contributed by atoms with van der Waals surface area (Å²) in [5, 5.41) is 3.46. The summed E-state index contributed by atoms with van der Waals surface area (Å²) in [6.07, 6.45) is 5.02. The molecule has 2 nitrogen and oxygen atoms in total. The first-order valence-electron chi connectivity index (χ1n) is 7.59. The van der Waals surface area contributed by atoms with Gasteiger partial charge >= 0.3 is 0 Å². The molecule has 3 rings (SSSR count). The summed E-state index contributed by atoms with van der Waals surface area (Å²) in [5.41, 5.74) is 2.29. The van der Waals surface area contributed by atoms with Crippen LogP contribution in [0.5, 0.6) is 0 Å².